The minimum Gasteiger partial charge on any atom is -0.298 e. The maximum absolute atomic E-state index is 10.6. The molecule has 0 aliphatic carbocycles. The Morgan fingerprint density at radius 1 is 1.58 bits per heavy atom. The molecule has 0 radical (unpaired) electrons. The first kappa shape index (κ1) is 8.97. The van der Waals surface area contributed by atoms with Crippen molar-refractivity contribution in [3.63, 3.8) is 0 Å². The number of rotatable bonds is 3. The number of aryl methyl sites for hydroxylation is 1. The number of hydrogen-bond donors (Lipinski definition) is 1. The Kier molecular flexibility index (Phi) is 2.63. The van der Waals surface area contributed by atoms with Crippen LogP contribution in [0.4, 0.5) is 0 Å². The van der Waals surface area contributed by atoms with Gasteiger partial charge in [0, 0.05) is 5.69 Å². The fraction of sp³-hybridized carbons (Fsp3) is 0.556. The van der Waals surface area contributed by atoms with Gasteiger partial charge in [-0.3, -0.25) is 9.89 Å². The van der Waals surface area contributed by atoms with Gasteiger partial charge in [-0.2, -0.15) is 5.10 Å². The van der Waals surface area contributed by atoms with Gasteiger partial charge >= 0.3 is 0 Å². The second kappa shape index (κ2) is 3.52. The van der Waals surface area contributed by atoms with E-state index in [1.807, 2.05) is 6.92 Å². The molecule has 1 heterocycles. The maximum Gasteiger partial charge on any atom is 0.153 e. The molecule has 1 aromatic rings. The quantitative estimate of drug-likeness (QED) is 0.695. The Morgan fingerprint density at radius 3 is 2.75 bits per heavy atom. The van der Waals surface area contributed by atoms with Crippen molar-refractivity contribution in [3.05, 3.63) is 17.0 Å². The van der Waals surface area contributed by atoms with Gasteiger partial charge in [-0.15, -0.1) is 0 Å². The molecule has 1 rings (SSSR count). The highest BCUT2D eigenvalue weighted by atomic mass is 16.1. The highest BCUT2D eigenvalue weighted by Crippen LogP contribution is 2.11. The zero-order chi connectivity index (χ0) is 9.14. The van der Waals surface area contributed by atoms with Gasteiger partial charge in [0.05, 0.1) is 11.3 Å². The van der Waals surface area contributed by atoms with Crippen LogP contribution in [0.1, 0.15) is 35.6 Å². The number of carbonyl (C=O) groups is 1. The Labute approximate surface area is 72.2 Å². The van der Waals surface area contributed by atoms with Gasteiger partial charge in [-0.05, 0) is 19.3 Å². The summed E-state index contributed by atoms with van der Waals surface area (Å²) in [5.74, 6) is 0.534. The predicted molar refractivity (Wildman–Crippen MR) is 47.3 cm³/mol. The van der Waals surface area contributed by atoms with Crippen molar-refractivity contribution in [2.24, 2.45) is 5.92 Å². The molecule has 0 aliphatic rings. The van der Waals surface area contributed by atoms with Crippen LogP contribution < -0.4 is 0 Å². The predicted octanol–water partition coefficient (Wildman–Crippen LogP) is 1.73. The van der Waals surface area contributed by atoms with Crippen LogP contribution in [0.3, 0.4) is 0 Å². The van der Waals surface area contributed by atoms with E-state index in [0.717, 1.165) is 29.7 Å². The summed E-state index contributed by atoms with van der Waals surface area (Å²) in [6.07, 6.45) is 1.73. The number of H-pyrrole nitrogens is 1. The number of aromatic amines is 1. The van der Waals surface area contributed by atoms with E-state index in [-0.39, 0.29) is 0 Å². The van der Waals surface area contributed by atoms with Crippen LogP contribution in [0.25, 0.3) is 0 Å². The lowest BCUT2D eigenvalue weighted by atomic mass is 10.0. The lowest BCUT2D eigenvalue weighted by Crippen LogP contribution is -1.98. The number of nitrogens with one attached hydrogen (secondary N) is 1. The smallest absolute Gasteiger partial charge is 0.153 e. The van der Waals surface area contributed by atoms with Crippen LogP contribution in [-0.4, -0.2) is 16.5 Å². The van der Waals surface area contributed by atoms with Crippen molar-refractivity contribution in [2.75, 3.05) is 0 Å². The molecule has 0 fully saturated rings. The molecule has 0 saturated heterocycles. The summed E-state index contributed by atoms with van der Waals surface area (Å²) in [7, 11) is 0. The van der Waals surface area contributed by atoms with Gasteiger partial charge in [0.25, 0.3) is 0 Å². The number of nitrogens with zero attached hydrogens (tertiary/aromatic N) is 1. The Hall–Kier alpha value is -1.12. The van der Waals surface area contributed by atoms with E-state index in [2.05, 4.69) is 24.0 Å². The molecular formula is C9H14N2O. The second-order valence-electron chi connectivity index (χ2n) is 3.42. The number of aldehydes is 1. The molecule has 12 heavy (non-hydrogen) atoms. The largest absolute Gasteiger partial charge is 0.298 e. The third-order valence-corrected chi connectivity index (χ3v) is 1.79. The third-order valence-electron chi connectivity index (χ3n) is 1.79. The van der Waals surface area contributed by atoms with Gasteiger partial charge in [-0.25, -0.2) is 0 Å². The zero-order valence-electron chi connectivity index (χ0n) is 7.72. The van der Waals surface area contributed by atoms with Gasteiger partial charge in [0.2, 0.25) is 0 Å². The summed E-state index contributed by atoms with van der Waals surface area (Å²) < 4.78 is 0. The summed E-state index contributed by atoms with van der Waals surface area (Å²) in [6.45, 7) is 6.08. The van der Waals surface area contributed by atoms with Crippen molar-refractivity contribution < 1.29 is 4.79 Å². The first-order valence-electron chi connectivity index (χ1n) is 4.14. The lowest BCUT2D eigenvalue weighted by molar-refractivity contribution is 0.112. The van der Waals surface area contributed by atoms with Crippen LogP contribution in [-0.2, 0) is 6.42 Å². The molecule has 0 aromatic carbocycles. The van der Waals surface area contributed by atoms with Crippen molar-refractivity contribution in [2.45, 2.75) is 27.2 Å². The monoisotopic (exact) mass is 166 g/mol. The molecule has 0 saturated carbocycles. The topological polar surface area (TPSA) is 45.8 Å². The van der Waals surface area contributed by atoms with E-state index < -0.39 is 0 Å². The number of hydrogen-bond acceptors (Lipinski definition) is 2. The van der Waals surface area contributed by atoms with Crippen LogP contribution in [0.15, 0.2) is 0 Å². The zero-order valence-corrected chi connectivity index (χ0v) is 7.72. The fourth-order valence-corrected chi connectivity index (χ4v) is 1.19. The summed E-state index contributed by atoms with van der Waals surface area (Å²) in [6, 6.07) is 0. The number of aromatic nitrogens is 2. The van der Waals surface area contributed by atoms with Crippen LogP contribution in [0.5, 0.6) is 0 Å². The first-order valence-corrected chi connectivity index (χ1v) is 4.14. The van der Waals surface area contributed by atoms with E-state index >= 15 is 0 Å². The van der Waals surface area contributed by atoms with Gasteiger partial charge in [0.1, 0.15) is 0 Å². The average Bonchev–Trinajstić information content (AvgIpc) is 2.30. The molecule has 0 spiro atoms. The summed E-state index contributed by atoms with van der Waals surface area (Å²) in [4.78, 5) is 10.6. The van der Waals surface area contributed by atoms with Crippen molar-refractivity contribution in [1.82, 2.24) is 10.2 Å². The standard InChI is InChI=1S/C9H14N2O/c1-6(2)4-9-8(5-12)7(3)10-11-9/h5-6H,4H2,1-3H3,(H,10,11). The molecule has 0 aliphatic heterocycles. The van der Waals surface area contributed by atoms with Crippen LogP contribution in [0.2, 0.25) is 0 Å². The second-order valence-corrected chi connectivity index (χ2v) is 3.42. The maximum atomic E-state index is 10.6. The van der Waals surface area contributed by atoms with Crippen LogP contribution >= 0.6 is 0 Å². The van der Waals surface area contributed by atoms with E-state index in [9.17, 15) is 4.79 Å². The minimum atomic E-state index is 0.534. The summed E-state index contributed by atoms with van der Waals surface area (Å²) in [5.41, 5.74) is 2.47. The highest BCUT2D eigenvalue weighted by Gasteiger charge is 2.09. The Balaban J connectivity index is 2.91. The Morgan fingerprint density at radius 2 is 2.25 bits per heavy atom. The number of carbonyl (C=O) groups excluding carboxylic acids is 1. The molecule has 3 heteroatoms. The molecule has 66 valence electrons. The normalized spacial score (nSPS) is 10.7. The van der Waals surface area contributed by atoms with Gasteiger partial charge in [-0.1, -0.05) is 13.8 Å². The average molecular weight is 166 g/mol. The summed E-state index contributed by atoms with van der Waals surface area (Å²) in [5, 5.41) is 6.88. The van der Waals surface area contributed by atoms with Gasteiger partial charge < -0.3 is 0 Å². The lowest BCUT2D eigenvalue weighted by Gasteiger charge is -2.00. The van der Waals surface area contributed by atoms with Crippen LogP contribution in [0, 0.1) is 12.8 Å². The van der Waals surface area contributed by atoms with Crippen molar-refractivity contribution in [3.8, 4) is 0 Å². The minimum absolute atomic E-state index is 0.534. The molecule has 1 aromatic heterocycles. The first-order chi connectivity index (χ1) is 5.65. The van der Waals surface area contributed by atoms with E-state index in [1.165, 1.54) is 0 Å². The van der Waals surface area contributed by atoms with E-state index in [4.69, 9.17) is 0 Å². The molecule has 0 amide bonds. The Bertz CT molecular complexity index is 276. The molecule has 1 N–H and O–H groups in total. The molecule has 0 bridgehead atoms. The van der Waals surface area contributed by atoms with Crippen molar-refractivity contribution >= 4 is 6.29 Å². The highest BCUT2D eigenvalue weighted by molar-refractivity contribution is 5.78. The van der Waals surface area contributed by atoms with E-state index in [0.29, 0.717) is 5.92 Å². The SMILES string of the molecule is Cc1[nH]nc(CC(C)C)c1C=O. The molecular weight excluding hydrogens is 152 g/mol. The molecule has 0 unspecified atom stereocenters. The van der Waals surface area contributed by atoms with Crippen molar-refractivity contribution in [1.29, 1.82) is 0 Å². The summed E-state index contributed by atoms with van der Waals surface area (Å²) >= 11 is 0. The molecule has 0 atom stereocenters. The van der Waals surface area contributed by atoms with E-state index in [1.54, 1.807) is 0 Å². The molecule has 3 nitrogen and oxygen atoms in total. The fourth-order valence-electron chi connectivity index (χ4n) is 1.19. The van der Waals surface area contributed by atoms with Gasteiger partial charge in [0.15, 0.2) is 6.29 Å². The third kappa shape index (κ3) is 1.72.